The molecule has 120 valence electrons. The maximum absolute atomic E-state index is 12.3. The molecule has 0 radical (unpaired) electrons. The number of aryl methyl sites for hydroxylation is 1. The van der Waals surface area contributed by atoms with Crippen LogP contribution in [0.2, 0.25) is 0 Å². The Bertz CT molecular complexity index is 764. The number of carbonyl (C=O) groups is 1. The summed E-state index contributed by atoms with van der Waals surface area (Å²) in [6, 6.07) is 28.5. The van der Waals surface area contributed by atoms with Crippen molar-refractivity contribution in [2.24, 2.45) is 0 Å². The van der Waals surface area contributed by atoms with E-state index in [-0.39, 0.29) is 5.12 Å². The van der Waals surface area contributed by atoms with Gasteiger partial charge in [0.1, 0.15) is 0 Å². The Morgan fingerprint density at radius 1 is 0.708 bits per heavy atom. The molecular formula is C22H20OS. The van der Waals surface area contributed by atoms with Crippen molar-refractivity contribution >= 4 is 16.9 Å². The minimum Gasteiger partial charge on any atom is -0.282 e. The lowest BCUT2D eigenvalue weighted by Crippen LogP contribution is -1.96. The van der Waals surface area contributed by atoms with Gasteiger partial charge in [0.15, 0.2) is 0 Å². The predicted molar refractivity (Wildman–Crippen MR) is 103 cm³/mol. The molecule has 0 saturated heterocycles. The SMILES string of the molecule is O=C(SCCCc1ccccc1)c1ccc(-c2ccccc2)cc1. The van der Waals surface area contributed by atoms with Gasteiger partial charge in [-0.2, -0.15) is 0 Å². The van der Waals surface area contributed by atoms with Crippen LogP contribution in [-0.2, 0) is 6.42 Å². The van der Waals surface area contributed by atoms with Crippen molar-refractivity contribution in [2.75, 3.05) is 5.75 Å². The van der Waals surface area contributed by atoms with Gasteiger partial charge >= 0.3 is 0 Å². The summed E-state index contributed by atoms with van der Waals surface area (Å²) in [7, 11) is 0. The fourth-order valence-corrected chi connectivity index (χ4v) is 3.38. The summed E-state index contributed by atoms with van der Waals surface area (Å²) in [4.78, 5) is 12.3. The molecule has 3 aromatic rings. The minimum atomic E-state index is 0.155. The summed E-state index contributed by atoms with van der Waals surface area (Å²) in [5, 5.41) is 0.155. The standard InChI is InChI=1S/C22H20OS/c23-22(24-17-7-10-18-8-3-1-4-9-18)21-15-13-20(14-16-21)19-11-5-2-6-12-19/h1-6,8-9,11-16H,7,10,17H2. The molecule has 0 aromatic heterocycles. The van der Waals surface area contributed by atoms with Crippen LogP contribution in [0, 0.1) is 0 Å². The fraction of sp³-hybridized carbons (Fsp3) is 0.136. The van der Waals surface area contributed by atoms with Crippen LogP contribution in [-0.4, -0.2) is 10.9 Å². The first-order chi connectivity index (χ1) is 11.8. The molecule has 0 saturated carbocycles. The van der Waals surface area contributed by atoms with E-state index in [1.807, 2.05) is 48.5 Å². The summed E-state index contributed by atoms with van der Waals surface area (Å²) in [5.41, 5.74) is 4.42. The molecule has 24 heavy (non-hydrogen) atoms. The molecule has 0 aliphatic heterocycles. The number of carbonyl (C=O) groups excluding carboxylic acids is 1. The molecule has 0 heterocycles. The highest BCUT2D eigenvalue weighted by molar-refractivity contribution is 8.14. The van der Waals surface area contributed by atoms with Gasteiger partial charge in [0, 0.05) is 11.3 Å². The quantitative estimate of drug-likeness (QED) is 0.526. The lowest BCUT2D eigenvalue weighted by Gasteiger charge is -2.04. The number of hydrogen-bond acceptors (Lipinski definition) is 2. The second-order valence-corrected chi connectivity index (χ2v) is 6.74. The van der Waals surface area contributed by atoms with Crippen molar-refractivity contribution in [1.82, 2.24) is 0 Å². The molecule has 0 aliphatic carbocycles. The third kappa shape index (κ3) is 4.59. The Hall–Kier alpha value is -2.32. The first-order valence-electron chi connectivity index (χ1n) is 8.19. The lowest BCUT2D eigenvalue weighted by molar-refractivity contribution is 0.108. The Kier molecular flexibility index (Phi) is 5.86. The number of thioether (sulfide) groups is 1. The van der Waals surface area contributed by atoms with Gasteiger partial charge in [0.25, 0.3) is 0 Å². The largest absolute Gasteiger partial charge is 0.282 e. The maximum atomic E-state index is 12.3. The third-order valence-corrected chi connectivity index (χ3v) is 4.90. The van der Waals surface area contributed by atoms with Crippen LogP contribution < -0.4 is 0 Å². The average Bonchev–Trinajstić information content (AvgIpc) is 2.67. The van der Waals surface area contributed by atoms with Gasteiger partial charge in [0.2, 0.25) is 5.12 Å². The Morgan fingerprint density at radius 3 is 1.96 bits per heavy atom. The van der Waals surface area contributed by atoms with Crippen molar-refractivity contribution in [3.05, 3.63) is 96.1 Å². The molecule has 0 spiro atoms. The first-order valence-corrected chi connectivity index (χ1v) is 9.18. The highest BCUT2D eigenvalue weighted by Crippen LogP contribution is 2.21. The molecular weight excluding hydrogens is 312 g/mol. The topological polar surface area (TPSA) is 17.1 Å². The summed E-state index contributed by atoms with van der Waals surface area (Å²) < 4.78 is 0. The van der Waals surface area contributed by atoms with Crippen molar-refractivity contribution in [3.8, 4) is 11.1 Å². The summed E-state index contributed by atoms with van der Waals surface area (Å²) in [5.74, 6) is 0.855. The second-order valence-electron chi connectivity index (χ2n) is 5.67. The van der Waals surface area contributed by atoms with Crippen LogP contribution in [0.3, 0.4) is 0 Å². The molecule has 0 aliphatic rings. The van der Waals surface area contributed by atoms with E-state index in [9.17, 15) is 4.79 Å². The van der Waals surface area contributed by atoms with Crippen LogP contribution in [0.25, 0.3) is 11.1 Å². The zero-order chi connectivity index (χ0) is 16.6. The summed E-state index contributed by atoms with van der Waals surface area (Å²) in [6.45, 7) is 0. The molecule has 3 rings (SSSR count). The molecule has 0 N–H and O–H groups in total. The van der Waals surface area contributed by atoms with Crippen LogP contribution in [0.1, 0.15) is 22.3 Å². The van der Waals surface area contributed by atoms with E-state index >= 15 is 0 Å². The van der Waals surface area contributed by atoms with Gasteiger partial charge in [-0.25, -0.2) is 0 Å². The van der Waals surface area contributed by atoms with E-state index in [1.165, 1.54) is 22.9 Å². The van der Waals surface area contributed by atoms with Crippen LogP contribution in [0.4, 0.5) is 0 Å². The Morgan fingerprint density at radius 2 is 1.29 bits per heavy atom. The predicted octanol–water partition coefficient (Wildman–Crippen LogP) is 5.86. The van der Waals surface area contributed by atoms with E-state index in [4.69, 9.17) is 0 Å². The molecule has 2 heteroatoms. The molecule has 0 bridgehead atoms. The van der Waals surface area contributed by atoms with Crippen molar-refractivity contribution in [1.29, 1.82) is 0 Å². The minimum absolute atomic E-state index is 0.155. The van der Waals surface area contributed by atoms with E-state index in [0.29, 0.717) is 0 Å². The van der Waals surface area contributed by atoms with Crippen molar-refractivity contribution < 1.29 is 4.79 Å². The molecule has 3 aromatic carbocycles. The smallest absolute Gasteiger partial charge is 0.219 e. The van der Waals surface area contributed by atoms with E-state index in [1.54, 1.807) is 0 Å². The Balaban J connectivity index is 1.50. The van der Waals surface area contributed by atoms with E-state index < -0.39 is 0 Å². The molecule has 0 amide bonds. The average molecular weight is 332 g/mol. The first kappa shape index (κ1) is 16.5. The number of hydrogen-bond donors (Lipinski definition) is 0. The fourth-order valence-electron chi connectivity index (χ4n) is 2.60. The second kappa shape index (κ2) is 8.51. The highest BCUT2D eigenvalue weighted by Gasteiger charge is 2.07. The van der Waals surface area contributed by atoms with E-state index in [2.05, 4.69) is 36.4 Å². The van der Waals surface area contributed by atoms with Gasteiger partial charge in [-0.1, -0.05) is 84.6 Å². The van der Waals surface area contributed by atoms with E-state index in [0.717, 1.165) is 29.7 Å². The zero-order valence-corrected chi connectivity index (χ0v) is 14.3. The van der Waals surface area contributed by atoms with Crippen LogP contribution in [0.15, 0.2) is 84.9 Å². The number of benzene rings is 3. The van der Waals surface area contributed by atoms with Gasteiger partial charge in [-0.3, -0.25) is 4.79 Å². The monoisotopic (exact) mass is 332 g/mol. The van der Waals surface area contributed by atoms with Gasteiger partial charge in [-0.15, -0.1) is 0 Å². The molecule has 1 nitrogen and oxygen atoms in total. The maximum Gasteiger partial charge on any atom is 0.219 e. The van der Waals surface area contributed by atoms with Crippen LogP contribution in [0.5, 0.6) is 0 Å². The summed E-state index contributed by atoms with van der Waals surface area (Å²) >= 11 is 1.41. The normalized spacial score (nSPS) is 10.5. The highest BCUT2D eigenvalue weighted by atomic mass is 32.2. The zero-order valence-electron chi connectivity index (χ0n) is 13.5. The van der Waals surface area contributed by atoms with Gasteiger partial charge < -0.3 is 0 Å². The third-order valence-electron chi connectivity index (χ3n) is 3.91. The van der Waals surface area contributed by atoms with Gasteiger partial charge in [-0.05, 0) is 41.7 Å². The number of rotatable bonds is 6. The van der Waals surface area contributed by atoms with Crippen LogP contribution >= 0.6 is 11.8 Å². The van der Waals surface area contributed by atoms with Crippen molar-refractivity contribution in [3.63, 3.8) is 0 Å². The lowest BCUT2D eigenvalue weighted by atomic mass is 10.0. The molecule has 0 fully saturated rings. The Labute approximate surface area is 147 Å². The summed E-state index contributed by atoms with van der Waals surface area (Å²) in [6.07, 6.45) is 2.04. The van der Waals surface area contributed by atoms with Crippen molar-refractivity contribution in [2.45, 2.75) is 12.8 Å². The molecule has 0 atom stereocenters. The molecule has 0 unspecified atom stereocenters. The van der Waals surface area contributed by atoms with Gasteiger partial charge in [0.05, 0.1) is 0 Å².